The van der Waals surface area contributed by atoms with Crippen molar-refractivity contribution in [2.24, 2.45) is 13.0 Å². The van der Waals surface area contributed by atoms with Crippen LogP contribution in [0.1, 0.15) is 25.2 Å². The van der Waals surface area contributed by atoms with E-state index < -0.39 is 5.97 Å². The van der Waals surface area contributed by atoms with Crippen LogP contribution in [0, 0.1) is 5.92 Å². The predicted octanol–water partition coefficient (Wildman–Crippen LogP) is 2.01. The normalized spacial score (nSPS) is 11.0. The number of aromatic nitrogens is 2. The minimum atomic E-state index is -0.857. The zero-order valence-electron chi connectivity index (χ0n) is 9.12. The number of carbonyl (C=O) groups is 1. The highest BCUT2D eigenvalue weighted by atomic mass is 79.9. The third-order valence-corrected chi connectivity index (χ3v) is 3.00. The Kier molecular flexibility index (Phi) is 3.90. The average Bonchev–Trinajstić information content (AvgIpc) is 2.31. The monoisotopic (exact) mass is 274 g/mol. The number of nitrogens with zero attached hydrogens (tertiary/aromatic N) is 2. The molecule has 15 heavy (non-hydrogen) atoms. The van der Waals surface area contributed by atoms with Gasteiger partial charge in [-0.15, -0.1) is 0 Å². The van der Waals surface area contributed by atoms with Crippen molar-refractivity contribution in [2.75, 3.05) is 0 Å². The van der Waals surface area contributed by atoms with E-state index in [1.54, 1.807) is 4.68 Å². The zero-order valence-corrected chi connectivity index (χ0v) is 10.7. The van der Waals surface area contributed by atoms with Crippen LogP contribution in [0.2, 0.25) is 0 Å². The van der Waals surface area contributed by atoms with Gasteiger partial charge in [0.05, 0.1) is 22.3 Å². The van der Waals surface area contributed by atoms with Crippen molar-refractivity contribution in [2.45, 2.75) is 26.7 Å². The van der Waals surface area contributed by atoms with Gasteiger partial charge >= 0.3 is 5.97 Å². The first-order valence-corrected chi connectivity index (χ1v) is 5.63. The second-order valence-electron chi connectivity index (χ2n) is 4.00. The lowest BCUT2D eigenvalue weighted by atomic mass is 10.1. The predicted molar refractivity (Wildman–Crippen MR) is 60.8 cm³/mol. The fourth-order valence-electron chi connectivity index (χ4n) is 1.46. The minimum absolute atomic E-state index is 0.0352. The second kappa shape index (κ2) is 4.79. The van der Waals surface area contributed by atoms with Gasteiger partial charge in [0.1, 0.15) is 0 Å². The molecule has 4 nitrogen and oxygen atoms in total. The summed E-state index contributed by atoms with van der Waals surface area (Å²) in [5.74, 6) is -0.334. The van der Waals surface area contributed by atoms with Crippen LogP contribution in [-0.4, -0.2) is 20.9 Å². The first kappa shape index (κ1) is 12.2. The summed E-state index contributed by atoms with van der Waals surface area (Å²) in [7, 11) is 1.84. The van der Waals surface area contributed by atoms with Crippen molar-refractivity contribution in [1.82, 2.24) is 9.78 Å². The van der Waals surface area contributed by atoms with E-state index >= 15 is 0 Å². The molecule has 1 aromatic heterocycles. The summed E-state index contributed by atoms with van der Waals surface area (Å²) < 4.78 is 2.59. The van der Waals surface area contributed by atoms with E-state index in [2.05, 4.69) is 34.9 Å². The van der Waals surface area contributed by atoms with E-state index in [1.807, 2.05) is 7.05 Å². The number of carboxylic acid groups (broad SMARTS) is 1. The number of aliphatic carboxylic acids is 1. The van der Waals surface area contributed by atoms with Crippen molar-refractivity contribution in [3.63, 3.8) is 0 Å². The van der Waals surface area contributed by atoms with E-state index in [4.69, 9.17) is 5.11 Å². The van der Waals surface area contributed by atoms with E-state index in [1.165, 1.54) is 0 Å². The van der Waals surface area contributed by atoms with Gasteiger partial charge < -0.3 is 5.11 Å². The van der Waals surface area contributed by atoms with Crippen LogP contribution in [0.15, 0.2) is 4.47 Å². The molecule has 0 amide bonds. The standard InChI is InChI=1S/C10H15BrN2O2/c1-6(2)4-8-10(11)7(5-9(14)15)12-13(8)3/h6H,4-5H2,1-3H3,(H,14,15). The summed E-state index contributed by atoms with van der Waals surface area (Å²) in [6.07, 6.45) is 0.857. The highest BCUT2D eigenvalue weighted by Gasteiger charge is 2.16. The average molecular weight is 275 g/mol. The van der Waals surface area contributed by atoms with Gasteiger partial charge in [-0.3, -0.25) is 9.48 Å². The Morgan fingerprint density at radius 2 is 2.20 bits per heavy atom. The maximum atomic E-state index is 10.6. The van der Waals surface area contributed by atoms with Crippen molar-refractivity contribution < 1.29 is 9.90 Å². The summed E-state index contributed by atoms with van der Waals surface area (Å²) >= 11 is 3.41. The fraction of sp³-hybridized carbons (Fsp3) is 0.600. The van der Waals surface area contributed by atoms with Crippen LogP contribution in [0.25, 0.3) is 0 Å². The molecule has 0 unspecified atom stereocenters. The zero-order chi connectivity index (χ0) is 11.6. The van der Waals surface area contributed by atoms with Crippen molar-refractivity contribution in [3.8, 4) is 0 Å². The first-order chi connectivity index (χ1) is 6.91. The number of hydrogen-bond donors (Lipinski definition) is 1. The van der Waals surface area contributed by atoms with E-state index in [-0.39, 0.29) is 6.42 Å². The molecule has 0 aromatic carbocycles. The second-order valence-corrected chi connectivity index (χ2v) is 4.79. The van der Waals surface area contributed by atoms with Crippen molar-refractivity contribution in [1.29, 1.82) is 0 Å². The first-order valence-electron chi connectivity index (χ1n) is 4.83. The molecule has 0 radical (unpaired) electrons. The minimum Gasteiger partial charge on any atom is -0.481 e. The molecule has 5 heteroatoms. The quantitative estimate of drug-likeness (QED) is 0.914. The molecule has 0 aliphatic carbocycles. The van der Waals surface area contributed by atoms with Gasteiger partial charge in [-0.2, -0.15) is 5.10 Å². The molecule has 1 aromatic rings. The number of hydrogen-bond acceptors (Lipinski definition) is 2. The van der Waals surface area contributed by atoms with Gasteiger partial charge in [0, 0.05) is 7.05 Å². The Morgan fingerprint density at radius 1 is 1.60 bits per heavy atom. The van der Waals surface area contributed by atoms with E-state index in [9.17, 15) is 4.79 Å². The molecule has 1 rings (SSSR count). The lowest BCUT2D eigenvalue weighted by Crippen LogP contribution is -2.03. The Morgan fingerprint density at radius 3 is 2.67 bits per heavy atom. The molecule has 84 valence electrons. The summed E-state index contributed by atoms with van der Waals surface area (Å²) in [4.78, 5) is 10.6. The van der Waals surface area contributed by atoms with Gasteiger partial charge in [0.15, 0.2) is 0 Å². The van der Waals surface area contributed by atoms with Gasteiger partial charge in [-0.1, -0.05) is 13.8 Å². The van der Waals surface area contributed by atoms with Gasteiger partial charge in [-0.05, 0) is 28.3 Å². The fourth-order valence-corrected chi connectivity index (χ4v) is 2.10. The number of aryl methyl sites for hydroxylation is 1. The van der Waals surface area contributed by atoms with Crippen molar-refractivity contribution in [3.05, 3.63) is 15.9 Å². The molecule has 0 saturated carbocycles. The van der Waals surface area contributed by atoms with Crippen LogP contribution < -0.4 is 0 Å². The molecule has 0 aliphatic rings. The number of rotatable bonds is 4. The van der Waals surface area contributed by atoms with Gasteiger partial charge in [-0.25, -0.2) is 0 Å². The maximum absolute atomic E-state index is 10.6. The van der Waals surface area contributed by atoms with Crippen LogP contribution >= 0.6 is 15.9 Å². The van der Waals surface area contributed by atoms with Gasteiger partial charge in [0.2, 0.25) is 0 Å². The topological polar surface area (TPSA) is 55.1 Å². The van der Waals surface area contributed by atoms with Crippen LogP contribution in [0.3, 0.4) is 0 Å². The Labute approximate surface area is 97.4 Å². The van der Waals surface area contributed by atoms with Crippen molar-refractivity contribution >= 4 is 21.9 Å². The van der Waals surface area contributed by atoms with Crippen LogP contribution in [0.5, 0.6) is 0 Å². The smallest absolute Gasteiger partial charge is 0.309 e. The van der Waals surface area contributed by atoms with E-state index in [0.717, 1.165) is 16.6 Å². The number of carboxylic acids is 1. The lowest BCUT2D eigenvalue weighted by molar-refractivity contribution is -0.136. The highest BCUT2D eigenvalue weighted by Crippen LogP contribution is 2.23. The van der Waals surface area contributed by atoms with Crippen LogP contribution in [0.4, 0.5) is 0 Å². The molecular formula is C10H15BrN2O2. The Hall–Kier alpha value is -0.840. The summed E-state index contributed by atoms with van der Waals surface area (Å²) in [5, 5.41) is 12.9. The lowest BCUT2D eigenvalue weighted by Gasteiger charge is -2.05. The largest absolute Gasteiger partial charge is 0.481 e. The number of halogens is 1. The molecule has 0 atom stereocenters. The highest BCUT2D eigenvalue weighted by molar-refractivity contribution is 9.10. The Bertz CT molecular complexity index is 372. The maximum Gasteiger partial charge on any atom is 0.309 e. The Balaban J connectivity index is 2.98. The summed E-state index contributed by atoms with van der Waals surface area (Å²) in [6.45, 7) is 4.24. The SMILES string of the molecule is CC(C)Cc1c(Br)c(CC(=O)O)nn1C. The summed E-state index contributed by atoms with van der Waals surface area (Å²) in [6, 6.07) is 0. The molecule has 0 bridgehead atoms. The van der Waals surface area contributed by atoms with Gasteiger partial charge in [0.25, 0.3) is 0 Å². The molecule has 0 fully saturated rings. The van der Waals surface area contributed by atoms with Crippen LogP contribution in [-0.2, 0) is 24.7 Å². The molecular weight excluding hydrogens is 260 g/mol. The molecule has 1 heterocycles. The molecule has 0 spiro atoms. The molecule has 1 N–H and O–H groups in total. The molecule has 0 saturated heterocycles. The third-order valence-electron chi connectivity index (χ3n) is 2.09. The summed E-state index contributed by atoms with van der Waals surface area (Å²) in [5.41, 5.74) is 1.65. The third kappa shape index (κ3) is 3.06. The molecule has 0 aliphatic heterocycles. The van der Waals surface area contributed by atoms with E-state index in [0.29, 0.717) is 11.6 Å².